The Morgan fingerprint density at radius 3 is 2.55 bits per heavy atom. The molecule has 2 N–H and O–H groups in total. The summed E-state index contributed by atoms with van der Waals surface area (Å²) in [4.78, 5) is 9.69. The molecule has 1 aromatic rings. The zero-order valence-electron chi connectivity index (χ0n) is 10.6. The summed E-state index contributed by atoms with van der Waals surface area (Å²) in [6.45, 7) is 0.841. The van der Waals surface area contributed by atoms with Gasteiger partial charge in [0, 0.05) is 17.6 Å². The van der Waals surface area contributed by atoms with Gasteiger partial charge in [0.1, 0.15) is 0 Å². The molecule has 0 radical (unpaired) electrons. The van der Waals surface area contributed by atoms with Crippen molar-refractivity contribution in [1.82, 2.24) is 10.0 Å². The van der Waals surface area contributed by atoms with Gasteiger partial charge in [0.25, 0.3) is 5.69 Å². The minimum atomic E-state index is -3.91. The van der Waals surface area contributed by atoms with Crippen LogP contribution in [0.25, 0.3) is 0 Å². The van der Waals surface area contributed by atoms with E-state index in [0.717, 1.165) is 12.1 Å². The molecule has 0 aliphatic carbocycles. The first-order valence-corrected chi connectivity index (χ1v) is 7.33. The van der Waals surface area contributed by atoms with Crippen molar-refractivity contribution in [2.75, 3.05) is 20.1 Å². The van der Waals surface area contributed by atoms with Crippen LogP contribution >= 0.6 is 24.0 Å². The molecule has 20 heavy (non-hydrogen) atoms. The van der Waals surface area contributed by atoms with Crippen LogP contribution in [0.1, 0.15) is 6.42 Å². The fourth-order valence-electron chi connectivity index (χ4n) is 1.41. The maximum atomic E-state index is 12.0. The van der Waals surface area contributed by atoms with Gasteiger partial charge in [-0.25, -0.2) is 13.1 Å². The van der Waals surface area contributed by atoms with Gasteiger partial charge in [0.05, 0.1) is 4.92 Å². The summed E-state index contributed by atoms with van der Waals surface area (Å²) < 4.78 is 26.2. The van der Waals surface area contributed by atoms with E-state index in [1.165, 1.54) is 6.07 Å². The van der Waals surface area contributed by atoms with E-state index in [9.17, 15) is 18.5 Å². The maximum absolute atomic E-state index is 12.0. The first kappa shape index (κ1) is 19.1. The summed E-state index contributed by atoms with van der Waals surface area (Å²) in [7, 11) is -2.16. The molecule has 0 bridgehead atoms. The highest BCUT2D eigenvalue weighted by atomic mass is 35.5. The molecule has 0 aromatic heterocycles. The minimum Gasteiger partial charge on any atom is -0.320 e. The molecule has 0 fully saturated rings. The molecular formula is C10H15Cl2N3O4S. The molecule has 0 spiro atoms. The number of nitro benzene ring substituents is 1. The van der Waals surface area contributed by atoms with Crippen molar-refractivity contribution in [3.63, 3.8) is 0 Å². The molecule has 7 nitrogen and oxygen atoms in total. The second-order valence-electron chi connectivity index (χ2n) is 3.72. The quantitative estimate of drug-likeness (QED) is 0.444. The van der Waals surface area contributed by atoms with Gasteiger partial charge in [-0.15, -0.1) is 12.4 Å². The predicted octanol–water partition coefficient (Wildman–Crippen LogP) is 1.56. The van der Waals surface area contributed by atoms with E-state index in [4.69, 9.17) is 11.6 Å². The number of hydrogen-bond donors (Lipinski definition) is 2. The number of rotatable bonds is 7. The summed E-state index contributed by atoms with van der Waals surface area (Å²) in [6, 6.07) is 3.45. The van der Waals surface area contributed by atoms with E-state index >= 15 is 0 Å². The van der Waals surface area contributed by atoms with E-state index in [1.807, 2.05) is 0 Å². The Balaban J connectivity index is 0.00000361. The van der Waals surface area contributed by atoms with Crippen LogP contribution in [0, 0.1) is 10.1 Å². The van der Waals surface area contributed by atoms with Gasteiger partial charge < -0.3 is 5.32 Å². The van der Waals surface area contributed by atoms with Crippen LogP contribution in [0.3, 0.4) is 0 Å². The Morgan fingerprint density at radius 2 is 2.00 bits per heavy atom. The van der Waals surface area contributed by atoms with Crippen LogP contribution in [0.2, 0.25) is 5.02 Å². The van der Waals surface area contributed by atoms with Crippen molar-refractivity contribution in [2.24, 2.45) is 0 Å². The van der Waals surface area contributed by atoms with Crippen LogP contribution in [0.4, 0.5) is 5.69 Å². The summed E-state index contributed by atoms with van der Waals surface area (Å²) in [5.41, 5.74) is -0.534. The second kappa shape index (κ2) is 8.38. The standard InChI is InChI=1S/C10H14ClN3O4S.ClH/c1-12-5-2-6-13-19(17,18)10-4-3-8(11)7-9(10)14(15)16;/h3-4,7,12-13H,2,5-6H2,1H3;1H. The van der Waals surface area contributed by atoms with Gasteiger partial charge in [-0.1, -0.05) is 11.6 Å². The van der Waals surface area contributed by atoms with Crippen molar-refractivity contribution < 1.29 is 13.3 Å². The Bertz CT molecular complexity index is 566. The smallest absolute Gasteiger partial charge is 0.290 e. The van der Waals surface area contributed by atoms with Gasteiger partial charge in [0.2, 0.25) is 10.0 Å². The van der Waals surface area contributed by atoms with E-state index in [1.54, 1.807) is 7.05 Å². The number of nitrogens with zero attached hydrogens (tertiary/aromatic N) is 1. The lowest BCUT2D eigenvalue weighted by molar-refractivity contribution is -0.387. The SMILES string of the molecule is CNCCCNS(=O)(=O)c1ccc(Cl)cc1[N+](=O)[O-].Cl. The second-order valence-corrected chi connectivity index (χ2v) is 5.90. The fraction of sp³-hybridized carbons (Fsp3) is 0.400. The first-order chi connectivity index (χ1) is 8.88. The van der Waals surface area contributed by atoms with Crippen molar-refractivity contribution >= 4 is 39.7 Å². The zero-order chi connectivity index (χ0) is 14.5. The Morgan fingerprint density at radius 1 is 1.35 bits per heavy atom. The summed E-state index contributed by atoms with van der Waals surface area (Å²) in [5, 5.41) is 13.8. The molecule has 0 heterocycles. The average Bonchev–Trinajstić information content (AvgIpc) is 2.34. The molecule has 0 aliphatic rings. The number of nitro groups is 1. The van der Waals surface area contributed by atoms with Gasteiger partial charge in [-0.3, -0.25) is 10.1 Å². The maximum Gasteiger partial charge on any atom is 0.290 e. The third-order valence-electron chi connectivity index (χ3n) is 2.30. The molecule has 0 unspecified atom stereocenters. The first-order valence-electron chi connectivity index (χ1n) is 5.46. The molecule has 0 saturated carbocycles. The number of hydrogen-bond acceptors (Lipinski definition) is 5. The number of nitrogens with one attached hydrogen (secondary N) is 2. The van der Waals surface area contributed by atoms with E-state index in [2.05, 4.69) is 10.0 Å². The van der Waals surface area contributed by atoms with E-state index in [0.29, 0.717) is 13.0 Å². The molecule has 1 rings (SSSR count). The topological polar surface area (TPSA) is 101 Å². The number of halogens is 2. The largest absolute Gasteiger partial charge is 0.320 e. The normalized spacial score (nSPS) is 10.9. The monoisotopic (exact) mass is 343 g/mol. The van der Waals surface area contributed by atoms with Crippen LogP contribution < -0.4 is 10.0 Å². The lowest BCUT2D eigenvalue weighted by Crippen LogP contribution is -2.27. The van der Waals surface area contributed by atoms with Gasteiger partial charge in [-0.2, -0.15) is 0 Å². The van der Waals surface area contributed by atoms with Crippen LogP contribution in [-0.2, 0) is 10.0 Å². The third kappa shape index (κ3) is 5.22. The van der Waals surface area contributed by atoms with E-state index < -0.39 is 20.6 Å². The highest BCUT2D eigenvalue weighted by molar-refractivity contribution is 7.89. The molecule has 114 valence electrons. The van der Waals surface area contributed by atoms with Crippen molar-refractivity contribution in [2.45, 2.75) is 11.3 Å². The third-order valence-corrected chi connectivity index (χ3v) is 4.05. The number of sulfonamides is 1. The van der Waals surface area contributed by atoms with Crippen LogP contribution in [-0.4, -0.2) is 33.5 Å². The van der Waals surface area contributed by atoms with Gasteiger partial charge >= 0.3 is 0 Å². The Labute approximate surface area is 128 Å². The Kier molecular flexibility index (Phi) is 7.99. The minimum absolute atomic E-state index is 0. The molecule has 1 aromatic carbocycles. The molecule has 0 aliphatic heterocycles. The molecule has 0 saturated heterocycles. The summed E-state index contributed by atoms with van der Waals surface area (Å²) >= 11 is 5.63. The summed E-state index contributed by atoms with van der Waals surface area (Å²) in [6.07, 6.45) is 0.580. The van der Waals surface area contributed by atoms with Crippen LogP contribution in [0.15, 0.2) is 23.1 Å². The average molecular weight is 344 g/mol. The molecule has 10 heteroatoms. The molecule has 0 amide bonds. The highest BCUT2D eigenvalue weighted by Gasteiger charge is 2.25. The van der Waals surface area contributed by atoms with E-state index in [-0.39, 0.29) is 28.9 Å². The lowest BCUT2D eigenvalue weighted by Gasteiger charge is -2.07. The van der Waals surface area contributed by atoms with Crippen molar-refractivity contribution in [3.05, 3.63) is 33.3 Å². The lowest BCUT2D eigenvalue weighted by atomic mass is 10.3. The van der Waals surface area contributed by atoms with Crippen molar-refractivity contribution in [1.29, 1.82) is 0 Å². The fourth-order valence-corrected chi connectivity index (χ4v) is 2.80. The highest BCUT2D eigenvalue weighted by Crippen LogP contribution is 2.26. The van der Waals surface area contributed by atoms with Crippen LogP contribution in [0.5, 0.6) is 0 Å². The summed E-state index contributed by atoms with van der Waals surface area (Å²) in [5.74, 6) is 0. The predicted molar refractivity (Wildman–Crippen MR) is 79.1 cm³/mol. The molecule has 0 atom stereocenters. The molecular weight excluding hydrogens is 329 g/mol. The van der Waals surface area contributed by atoms with Crippen molar-refractivity contribution in [3.8, 4) is 0 Å². The van der Waals surface area contributed by atoms with Gasteiger partial charge in [-0.05, 0) is 32.1 Å². The zero-order valence-corrected chi connectivity index (χ0v) is 13.0. The Hall–Kier alpha value is -0.930. The number of benzene rings is 1. The van der Waals surface area contributed by atoms with Gasteiger partial charge in [0.15, 0.2) is 4.90 Å².